The van der Waals surface area contributed by atoms with Crippen LogP contribution >= 0.6 is 11.3 Å². The Morgan fingerprint density at radius 2 is 2.10 bits per heavy atom. The van der Waals surface area contributed by atoms with Gasteiger partial charge in [-0.05, 0) is 49.6 Å². The van der Waals surface area contributed by atoms with Gasteiger partial charge in [0.15, 0.2) is 5.96 Å². The van der Waals surface area contributed by atoms with Crippen LogP contribution in [0.5, 0.6) is 0 Å². The van der Waals surface area contributed by atoms with Crippen LogP contribution in [0.1, 0.15) is 44.5 Å². The molecule has 2 N–H and O–H groups in total. The Bertz CT molecular complexity index is 615. The molecule has 2 aliphatic rings. The second-order valence-electron chi connectivity index (χ2n) is 8.94. The van der Waals surface area contributed by atoms with Crippen molar-refractivity contribution in [2.45, 2.75) is 39.7 Å². The van der Waals surface area contributed by atoms with Crippen LogP contribution in [0.3, 0.4) is 0 Å². The van der Waals surface area contributed by atoms with Crippen LogP contribution in [0.4, 0.5) is 0 Å². The number of hydrogen-bond acceptors (Lipinski definition) is 5. The number of aliphatic imine (C=N–C) groups is 1. The Kier molecular flexibility index (Phi) is 9.91. The van der Waals surface area contributed by atoms with Gasteiger partial charge in [-0.2, -0.15) is 0 Å². The van der Waals surface area contributed by atoms with Crippen LogP contribution in [0.25, 0.3) is 0 Å². The number of piperidine rings is 1. The summed E-state index contributed by atoms with van der Waals surface area (Å²) in [6.07, 6.45) is 2.62. The summed E-state index contributed by atoms with van der Waals surface area (Å²) in [5, 5.41) is 9.26. The third-order valence-corrected chi connectivity index (χ3v) is 6.88. The molecule has 0 bridgehead atoms. The SMILES string of the molecule is CCNC(=NCC(c1cccs1)N1CCOCC1)NCC1CCCN(CC(C)C)C1. The van der Waals surface area contributed by atoms with Crippen molar-refractivity contribution in [3.8, 4) is 0 Å². The Morgan fingerprint density at radius 1 is 1.27 bits per heavy atom. The molecule has 2 saturated heterocycles. The molecule has 1 aromatic rings. The maximum atomic E-state index is 5.57. The van der Waals surface area contributed by atoms with Crippen molar-refractivity contribution in [1.82, 2.24) is 20.4 Å². The first-order valence-corrected chi connectivity index (χ1v) is 12.6. The zero-order valence-corrected chi connectivity index (χ0v) is 19.9. The number of guanidine groups is 1. The van der Waals surface area contributed by atoms with E-state index in [0.29, 0.717) is 12.0 Å². The number of likely N-dealkylation sites (tertiary alicyclic amines) is 1. The van der Waals surface area contributed by atoms with Crippen LogP contribution in [-0.2, 0) is 4.74 Å². The first-order valence-electron chi connectivity index (χ1n) is 11.8. The van der Waals surface area contributed by atoms with E-state index in [4.69, 9.17) is 9.73 Å². The van der Waals surface area contributed by atoms with Crippen molar-refractivity contribution in [3.05, 3.63) is 22.4 Å². The lowest BCUT2D eigenvalue weighted by Gasteiger charge is -2.34. The highest BCUT2D eigenvalue weighted by Gasteiger charge is 2.24. The summed E-state index contributed by atoms with van der Waals surface area (Å²) >= 11 is 1.83. The first kappa shape index (κ1) is 23.5. The van der Waals surface area contributed by atoms with Crippen LogP contribution in [0.15, 0.2) is 22.5 Å². The van der Waals surface area contributed by atoms with Crippen molar-refractivity contribution in [3.63, 3.8) is 0 Å². The summed E-state index contributed by atoms with van der Waals surface area (Å²) in [6.45, 7) is 16.7. The molecule has 2 fully saturated rings. The van der Waals surface area contributed by atoms with E-state index in [0.717, 1.165) is 57.8 Å². The van der Waals surface area contributed by atoms with Gasteiger partial charge < -0.3 is 20.3 Å². The highest BCUT2D eigenvalue weighted by molar-refractivity contribution is 7.10. The average molecular weight is 436 g/mol. The molecule has 1 aromatic heterocycles. The number of nitrogens with one attached hydrogen (secondary N) is 2. The molecule has 2 atom stereocenters. The van der Waals surface area contributed by atoms with Crippen LogP contribution in [0.2, 0.25) is 0 Å². The lowest BCUT2D eigenvalue weighted by Crippen LogP contribution is -2.45. The summed E-state index contributed by atoms with van der Waals surface area (Å²) < 4.78 is 5.57. The molecule has 2 aliphatic heterocycles. The van der Waals surface area contributed by atoms with Gasteiger partial charge in [-0.3, -0.25) is 9.89 Å². The van der Waals surface area contributed by atoms with Gasteiger partial charge in [-0.25, -0.2) is 0 Å². The van der Waals surface area contributed by atoms with Crippen LogP contribution in [0, 0.1) is 11.8 Å². The summed E-state index contributed by atoms with van der Waals surface area (Å²) in [7, 11) is 0. The fourth-order valence-corrected chi connectivity index (χ4v) is 5.37. The summed E-state index contributed by atoms with van der Waals surface area (Å²) in [6, 6.07) is 4.72. The Labute approximate surface area is 187 Å². The third-order valence-electron chi connectivity index (χ3n) is 5.91. The lowest BCUT2D eigenvalue weighted by atomic mass is 9.97. The molecular weight excluding hydrogens is 394 g/mol. The van der Waals surface area contributed by atoms with Gasteiger partial charge in [-0.1, -0.05) is 19.9 Å². The normalized spacial score (nSPS) is 22.9. The van der Waals surface area contributed by atoms with Crippen molar-refractivity contribution >= 4 is 17.3 Å². The molecule has 7 heteroatoms. The molecule has 0 saturated carbocycles. The Balaban J connectivity index is 1.57. The highest BCUT2D eigenvalue weighted by atomic mass is 32.1. The van der Waals surface area contributed by atoms with E-state index in [-0.39, 0.29) is 0 Å². The van der Waals surface area contributed by atoms with Gasteiger partial charge in [0.2, 0.25) is 0 Å². The molecule has 6 nitrogen and oxygen atoms in total. The van der Waals surface area contributed by atoms with Crippen molar-refractivity contribution in [2.24, 2.45) is 16.8 Å². The summed E-state index contributed by atoms with van der Waals surface area (Å²) in [4.78, 5) is 11.6. The molecular formula is C23H41N5OS. The van der Waals surface area contributed by atoms with Gasteiger partial charge in [0, 0.05) is 44.1 Å². The average Bonchev–Trinajstić information content (AvgIpc) is 3.27. The number of hydrogen-bond donors (Lipinski definition) is 2. The molecule has 0 spiro atoms. The second kappa shape index (κ2) is 12.6. The fourth-order valence-electron chi connectivity index (χ4n) is 4.52. The maximum absolute atomic E-state index is 5.57. The van der Waals surface area contributed by atoms with Crippen molar-refractivity contribution in [1.29, 1.82) is 0 Å². The minimum Gasteiger partial charge on any atom is -0.379 e. The zero-order valence-electron chi connectivity index (χ0n) is 19.1. The predicted octanol–water partition coefficient (Wildman–Crippen LogP) is 3.04. The van der Waals surface area contributed by atoms with E-state index >= 15 is 0 Å². The number of nitrogens with zero attached hydrogens (tertiary/aromatic N) is 3. The Morgan fingerprint density at radius 3 is 2.80 bits per heavy atom. The smallest absolute Gasteiger partial charge is 0.191 e. The number of morpholine rings is 1. The van der Waals surface area contributed by atoms with E-state index in [9.17, 15) is 0 Å². The molecule has 0 radical (unpaired) electrons. The van der Waals surface area contributed by atoms with Crippen molar-refractivity contribution in [2.75, 3.05) is 65.6 Å². The summed E-state index contributed by atoms with van der Waals surface area (Å²) in [5.41, 5.74) is 0. The Hall–Kier alpha value is -1.15. The van der Waals surface area contributed by atoms with E-state index in [1.54, 1.807) is 0 Å². The van der Waals surface area contributed by atoms with Gasteiger partial charge in [0.05, 0.1) is 25.8 Å². The predicted molar refractivity (Wildman–Crippen MR) is 127 cm³/mol. The van der Waals surface area contributed by atoms with E-state index < -0.39 is 0 Å². The van der Waals surface area contributed by atoms with Gasteiger partial charge in [-0.15, -0.1) is 11.3 Å². The van der Waals surface area contributed by atoms with Gasteiger partial charge in [0.1, 0.15) is 0 Å². The van der Waals surface area contributed by atoms with E-state index in [2.05, 4.69) is 58.7 Å². The number of ether oxygens (including phenoxy) is 1. The molecule has 0 aromatic carbocycles. The number of thiophene rings is 1. The molecule has 170 valence electrons. The topological polar surface area (TPSA) is 52.1 Å². The molecule has 3 rings (SSSR count). The molecule has 0 aliphatic carbocycles. The third kappa shape index (κ3) is 7.52. The minimum absolute atomic E-state index is 0.334. The van der Waals surface area contributed by atoms with Crippen LogP contribution < -0.4 is 10.6 Å². The quantitative estimate of drug-likeness (QED) is 0.461. The molecule has 30 heavy (non-hydrogen) atoms. The lowest BCUT2D eigenvalue weighted by molar-refractivity contribution is 0.0186. The minimum atomic E-state index is 0.334. The van der Waals surface area contributed by atoms with Crippen molar-refractivity contribution < 1.29 is 4.74 Å². The summed E-state index contributed by atoms with van der Waals surface area (Å²) in [5.74, 6) is 2.40. The number of rotatable bonds is 9. The highest BCUT2D eigenvalue weighted by Crippen LogP contribution is 2.26. The van der Waals surface area contributed by atoms with Gasteiger partial charge in [0.25, 0.3) is 0 Å². The van der Waals surface area contributed by atoms with Gasteiger partial charge >= 0.3 is 0 Å². The first-order chi connectivity index (χ1) is 14.7. The van der Waals surface area contributed by atoms with Crippen LogP contribution in [-0.4, -0.2) is 81.3 Å². The fraction of sp³-hybridized carbons (Fsp3) is 0.783. The maximum Gasteiger partial charge on any atom is 0.191 e. The molecule has 0 amide bonds. The van der Waals surface area contributed by atoms with E-state index in [1.807, 2.05) is 11.3 Å². The van der Waals surface area contributed by atoms with E-state index in [1.165, 1.54) is 37.4 Å². The molecule has 2 unspecified atom stereocenters. The zero-order chi connectivity index (χ0) is 21.2. The largest absolute Gasteiger partial charge is 0.379 e. The monoisotopic (exact) mass is 435 g/mol. The second-order valence-corrected chi connectivity index (χ2v) is 9.92. The molecule has 3 heterocycles. The standard InChI is InChI=1S/C23H41N5OS/c1-4-24-23(25-15-20-7-5-9-27(18-20)17-19(2)3)26-16-21(22-8-6-14-30-22)28-10-12-29-13-11-28/h6,8,14,19-21H,4-5,7,9-13,15-18H2,1-3H3,(H2,24,25,26).